The Bertz CT molecular complexity index is 466. The Morgan fingerprint density at radius 2 is 2.31 bits per heavy atom. The zero-order valence-corrected chi connectivity index (χ0v) is 10.5. The van der Waals surface area contributed by atoms with Crippen LogP contribution in [0.5, 0.6) is 0 Å². The number of hydrogen-bond acceptors (Lipinski definition) is 3. The largest absolute Gasteiger partial charge is 0.481 e. The number of β-amino-alcohol motifs (C(OH)–C–C–N with tert-alkyl or cyclic N) is 1. The monoisotopic (exact) mass is 305 g/mol. The van der Waals surface area contributed by atoms with Crippen LogP contribution in [0, 0.1) is 0 Å². The minimum absolute atomic E-state index is 0.158. The lowest BCUT2D eigenvalue weighted by molar-refractivity contribution is -0.142. The zero-order chi connectivity index (χ0) is 11.9. The van der Waals surface area contributed by atoms with Crippen molar-refractivity contribution >= 4 is 39.2 Å². The first kappa shape index (κ1) is 11.7. The lowest BCUT2D eigenvalue weighted by Crippen LogP contribution is -2.31. The van der Waals surface area contributed by atoms with Crippen molar-refractivity contribution in [3.8, 4) is 0 Å². The van der Waals surface area contributed by atoms with Crippen molar-refractivity contribution in [2.45, 2.75) is 12.0 Å². The van der Waals surface area contributed by atoms with Crippen LogP contribution in [-0.2, 0) is 10.4 Å². The van der Waals surface area contributed by atoms with E-state index in [1.54, 1.807) is 12.1 Å². The van der Waals surface area contributed by atoms with Gasteiger partial charge in [-0.2, -0.15) is 0 Å². The van der Waals surface area contributed by atoms with E-state index in [1.165, 1.54) is 0 Å². The SMILES string of the molecule is O=C(O)CC1(O)CNc2ccc(Br)c(Cl)c21. The molecule has 2 rings (SSSR count). The summed E-state index contributed by atoms with van der Waals surface area (Å²) >= 11 is 9.32. The van der Waals surface area contributed by atoms with Crippen LogP contribution in [0.1, 0.15) is 12.0 Å². The van der Waals surface area contributed by atoms with Gasteiger partial charge in [0.1, 0.15) is 5.60 Å². The van der Waals surface area contributed by atoms with E-state index in [1.807, 2.05) is 0 Å². The third-order valence-electron chi connectivity index (χ3n) is 2.58. The van der Waals surface area contributed by atoms with Crippen LogP contribution in [0.15, 0.2) is 16.6 Å². The molecule has 1 aromatic carbocycles. The first-order chi connectivity index (χ1) is 7.44. The fraction of sp³-hybridized carbons (Fsp3) is 0.300. The van der Waals surface area contributed by atoms with Gasteiger partial charge < -0.3 is 15.5 Å². The average Bonchev–Trinajstić information content (AvgIpc) is 2.49. The highest BCUT2D eigenvalue weighted by atomic mass is 79.9. The summed E-state index contributed by atoms with van der Waals surface area (Å²) in [4.78, 5) is 10.7. The van der Waals surface area contributed by atoms with Gasteiger partial charge in [-0.15, -0.1) is 0 Å². The molecule has 4 nitrogen and oxygen atoms in total. The number of aliphatic hydroxyl groups is 1. The standard InChI is InChI=1S/C10H9BrClNO3/c11-5-1-2-6-8(9(5)12)10(16,4-13-6)3-7(14)15/h1-2,13,16H,3-4H2,(H,14,15). The molecule has 1 atom stereocenters. The molecule has 0 aromatic heterocycles. The third-order valence-corrected chi connectivity index (χ3v) is 3.86. The minimum Gasteiger partial charge on any atom is -0.481 e. The van der Waals surface area contributed by atoms with Crippen molar-refractivity contribution in [3.63, 3.8) is 0 Å². The fourth-order valence-corrected chi connectivity index (χ4v) is 2.55. The van der Waals surface area contributed by atoms with Crippen molar-refractivity contribution < 1.29 is 15.0 Å². The van der Waals surface area contributed by atoms with E-state index < -0.39 is 11.6 Å². The maximum Gasteiger partial charge on any atom is 0.306 e. The van der Waals surface area contributed by atoms with Crippen molar-refractivity contribution in [1.29, 1.82) is 0 Å². The summed E-state index contributed by atoms with van der Waals surface area (Å²) in [6.07, 6.45) is -0.372. The van der Waals surface area contributed by atoms with Crippen LogP contribution >= 0.6 is 27.5 Å². The molecule has 1 heterocycles. The van der Waals surface area contributed by atoms with Gasteiger partial charge in [0.15, 0.2) is 0 Å². The van der Waals surface area contributed by atoms with Gasteiger partial charge >= 0.3 is 5.97 Å². The van der Waals surface area contributed by atoms with E-state index in [4.69, 9.17) is 16.7 Å². The van der Waals surface area contributed by atoms with Gasteiger partial charge in [0.05, 0.1) is 11.4 Å². The molecule has 0 saturated heterocycles. The number of aliphatic carboxylic acids is 1. The van der Waals surface area contributed by atoms with E-state index in [-0.39, 0.29) is 13.0 Å². The predicted molar refractivity (Wildman–Crippen MR) is 63.8 cm³/mol. The quantitative estimate of drug-likeness (QED) is 0.783. The molecule has 0 radical (unpaired) electrons. The van der Waals surface area contributed by atoms with Gasteiger partial charge in [-0.25, -0.2) is 0 Å². The molecule has 6 heteroatoms. The molecular formula is C10H9BrClNO3. The summed E-state index contributed by atoms with van der Waals surface area (Å²) < 4.78 is 0.639. The summed E-state index contributed by atoms with van der Waals surface area (Å²) in [5.74, 6) is -1.06. The lowest BCUT2D eigenvalue weighted by Gasteiger charge is -2.21. The minimum atomic E-state index is -1.44. The molecule has 1 aliphatic heterocycles. The summed E-state index contributed by atoms with van der Waals surface area (Å²) in [6.45, 7) is 0.158. The van der Waals surface area contributed by atoms with Gasteiger partial charge in [-0.3, -0.25) is 4.79 Å². The average molecular weight is 307 g/mol. The Hall–Kier alpha value is -0.780. The first-order valence-corrected chi connectivity index (χ1v) is 5.78. The van der Waals surface area contributed by atoms with E-state index in [9.17, 15) is 9.90 Å². The number of benzene rings is 1. The van der Waals surface area contributed by atoms with Crippen LogP contribution < -0.4 is 5.32 Å². The van der Waals surface area contributed by atoms with Crippen LogP contribution in [0.2, 0.25) is 5.02 Å². The smallest absolute Gasteiger partial charge is 0.306 e. The maximum atomic E-state index is 10.7. The van der Waals surface area contributed by atoms with Gasteiger partial charge in [0.2, 0.25) is 0 Å². The number of carboxylic acids is 1. The second kappa shape index (κ2) is 3.91. The van der Waals surface area contributed by atoms with Crippen LogP contribution in [0.4, 0.5) is 5.69 Å². The normalized spacial score (nSPS) is 22.7. The van der Waals surface area contributed by atoms with Crippen molar-refractivity contribution in [1.82, 2.24) is 0 Å². The van der Waals surface area contributed by atoms with Gasteiger partial charge in [0.25, 0.3) is 0 Å². The molecular weight excluding hydrogens is 297 g/mol. The van der Waals surface area contributed by atoms with Crippen LogP contribution in [-0.4, -0.2) is 22.7 Å². The number of fused-ring (bicyclic) bond motifs is 1. The molecule has 0 bridgehead atoms. The summed E-state index contributed by atoms with van der Waals surface area (Å²) in [5, 5.41) is 22.4. The van der Waals surface area contributed by atoms with Crippen LogP contribution in [0.25, 0.3) is 0 Å². The molecule has 0 saturated carbocycles. The number of carboxylic acid groups (broad SMARTS) is 1. The van der Waals surface area contributed by atoms with Gasteiger partial charge in [0, 0.05) is 22.3 Å². The highest BCUT2D eigenvalue weighted by Gasteiger charge is 2.41. The van der Waals surface area contributed by atoms with E-state index in [2.05, 4.69) is 21.2 Å². The molecule has 1 aliphatic rings. The summed E-state index contributed by atoms with van der Waals surface area (Å²) in [5.41, 5.74) is -0.315. The van der Waals surface area contributed by atoms with Crippen molar-refractivity contribution in [2.24, 2.45) is 0 Å². The predicted octanol–water partition coefficient (Wildman–Crippen LogP) is 2.19. The van der Waals surface area contributed by atoms with E-state index >= 15 is 0 Å². The third kappa shape index (κ3) is 1.79. The Balaban J connectivity index is 2.52. The number of rotatable bonds is 2. The second-order valence-corrected chi connectivity index (χ2v) is 4.97. The Morgan fingerprint density at radius 3 is 2.94 bits per heavy atom. The Labute approximate surface area is 105 Å². The summed E-state index contributed by atoms with van der Waals surface area (Å²) in [6, 6.07) is 3.51. The zero-order valence-electron chi connectivity index (χ0n) is 8.13. The number of hydrogen-bond donors (Lipinski definition) is 3. The van der Waals surface area contributed by atoms with Crippen molar-refractivity contribution in [3.05, 3.63) is 27.2 Å². The highest BCUT2D eigenvalue weighted by Crippen LogP contribution is 2.44. The highest BCUT2D eigenvalue weighted by molar-refractivity contribution is 9.10. The Kier molecular flexibility index (Phi) is 2.86. The molecule has 16 heavy (non-hydrogen) atoms. The first-order valence-electron chi connectivity index (χ1n) is 4.60. The number of anilines is 1. The number of carbonyl (C=O) groups is 1. The van der Waals surface area contributed by atoms with Gasteiger partial charge in [-0.05, 0) is 28.1 Å². The molecule has 1 unspecified atom stereocenters. The fourth-order valence-electron chi connectivity index (χ4n) is 1.88. The molecule has 3 N–H and O–H groups in total. The molecule has 86 valence electrons. The van der Waals surface area contributed by atoms with Gasteiger partial charge in [-0.1, -0.05) is 11.6 Å². The second-order valence-electron chi connectivity index (χ2n) is 3.74. The molecule has 0 spiro atoms. The number of halogens is 2. The lowest BCUT2D eigenvalue weighted by atomic mass is 9.92. The molecule has 0 amide bonds. The molecule has 0 fully saturated rings. The summed E-state index contributed by atoms with van der Waals surface area (Å²) in [7, 11) is 0. The van der Waals surface area contributed by atoms with Crippen LogP contribution in [0.3, 0.4) is 0 Å². The Morgan fingerprint density at radius 1 is 1.62 bits per heavy atom. The van der Waals surface area contributed by atoms with E-state index in [0.717, 1.165) is 0 Å². The van der Waals surface area contributed by atoms with E-state index in [0.29, 0.717) is 20.7 Å². The topological polar surface area (TPSA) is 69.6 Å². The molecule has 1 aromatic rings. The maximum absolute atomic E-state index is 10.7. The van der Waals surface area contributed by atoms with Crippen molar-refractivity contribution in [2.75, 3.05) is 11.9 Å². The number of nitrogens with one attached hydrogen (secondary N) is 1. The molecule has 0 aliphatic carbocycles.